The number of hydrogen-bond donors (Lipinski definition) is 1. The molecule has 0 spiro atoms. The lowest BCUT2D eigenvalue weighted by Gasteiger charge is -2.11. The Balaban J connectivity index is 1.82. The third-order valence-electron chi connectivity index (χ3n) is 5.01. The Morgan fingerprint density at radius 2 is 1.83 bits per heavy atom. The minimum atomic E-state index is -0.726. The van der Waals surface area contributed by atoms with Crippen molar-refractivity contribution in [1.29, 1.82) is 0 Å². The zero-order valence-corrected chi connectivity index (χ0v) is 17.4. The summed E-state index contributed by atoms with van der Waals surface area (Å²) in [5.41, 5.74) is 3.24. The van der Waals surface area contributed by atoms with Gasteiger partial charge in [0.2, 0.25) is 5.55 Å². The number of rotatable bonds is 6. The van der Waals surface area contributed by atoms with E-state index in [1.807, 2.05) is 54.7 Å². The summed E-state index contributed by atoms with van der Waals surface area (Å²) in [6.45, 7) is 4.22. The zero-order valence-electron chi connectivity index (χ0n) is 17.4. The number of aromatic amines is 1. The minimum absolute atomic E-state index is 0.387. The van der Waals surface area contributed by atoms with Crippen LogP contribution in [0.4, 0.5) is 0 Å². The molecular formula is C24H25N3O3. The Labute approximate surface area is 174 Å². The summed E-state index contributed by atoms with van der Waals surface area (Å²) in [6.07, 6.45) is 3.02. The fourth-order valence-electron chi connectivity index (χ4n) is 3.58. The van der Waals surface area contributed by atoms with Crippen LogP contribution < -0.4 is 5.55 Å². The lowest BCUT2D eigenvalue weighted by atomic mass is 10.1. The van der Waals surface area contributed by atoms with Gasteiger partial charge in [-0.2, -0.15) is 0 Å². The Hall–Kier alpha value is -3.41. The fourth-order valence-corrected chi connectivity index (χ4v) is 3.58. The van der Waals surface area contributed by atoms with Gasteiger partial charge >= 0.3 is 5.97 Å². The predicted octanol–water partition coefficient (Wildman–Crippen LogP) is 4.19. The van der Waals surface area contributed by atoms with Crippen LogP contribution in [0.25, 0.3) is 21.8 Å². The maximum Gasteiger partial charge on any atom is 0.331 e. The van der Waals surface area contributed by atoms with Crippen LogP contribution in [0.2, 0.25) is 0 Å². The average Bonchev–Trinajstić information content (AvgIpc) is 3.15. The number of ether oxygens (including phenoxy) is 1. The number of methoxy groups -OCH3 is 1. The highest BCUT2D eigenvalue weighted by Crippen LogP contribution is 2.20. The summed E-state index contributed by atoms with van der Waals surface area (Å²) in [7, 11) is 1.38. The molecule has 4 aromatic rings. The first-order valence-electron chi connectivity index (χ1n) is 10.1. The molecule has 2 heterocycles. The maximum atomic E-state index is 12.6. The molecular weight excluding hydrogens is 378 g/mol. The third kappa shape index (κ3) is 4.13. The van der Waals surface area contributed by atoms with Crippen molar-refractivity contribution in [3.8, 4) is 0 Å². The highest BCUT2D eigenvalue weighted by atomic mass is 16.5. The van der Waals surface area contributed by atoms with Gasteiger partial charge in [-0.15, -0.1) is 0 Å². The van der Waals surface area contributed by atoms with E-state index in [4.69, 9.17) is 14.1 Å². The lowest BCUT2D eigenvalue weighted by Crippen LogP contribution is -2.26. The SMILES string of the molecule is COC(=O)[C@H](Cc1c[nH]c2ccccc12)N=c1oc(CC(C)C)nc2ccccc12. The number of nitrogens with one attached hydrogen (secondary N) is 1. The van der Waals surface area contributed by atoms with E-state index >= 15 is 0 Å². The number of hydrogen-bond acceptors (Lipinski definition) is 5. The molecule has 2 aromatic carbocycles. The first kappa shape index (κ1) is 19.9. The molecule has 0 saturated carbocycles. The van der Waals surface area contributed by atoms with Crippen molar-refractivity contribution in [3.63, 3.8) is 0 Å². The topological polar surface area (TPSA) is 80.5 Å². The van der Waals surface area contributed by atoms with E-state index in [0.717, 1.165) is 27.4 Å². The van der Waals surface area contributed by atoms with Gasteiger partial charge in [0.1, 0.15) is 0 Å². The second-order valence-corrected chi connectivity index (χ2v) is 7.76. The van der Waals surface area contributed by atoms with E-state index in [-0.39, 0.29) is 0 Å². The average molecular weight is 403 g/mol. The zero-order chi connectivity index (χ0) is 21.1. The molecule has 0 radical (unpaired) electrons. The molecule has 4 rings (SSSR count). The number of carbonyl (C=O) groups is 1. The molecule has 1 N–H and O–H groups in total. The van der Waals surface area contributed by atoms with Gasteiger partial charge in [-0.05, 0) is 29.7 Å². The van der Waals surface area contributed by atoms with Crippen molar-refractivity contribution in [2.45, 2.75) is 32.7 Å². The van der Waals surface area contributed by atoms with Crippen molar-refractivity contribution >= 4 is 27.8 Å². The van der Waals surface area contributed by atoms with Crippen LogP contribution in [0.5, 0.6) is 0 Å². The van der Waals surface area contributed by atoms with E-state index in [1.54, 1.807) is 0 Å². The van der Waals surface area contributed by atoms with E-state index in [1.165, 1.54) is 7.11 Å². The van der Waals surface area contributed by atoms with Gasteiger partial charge < -0.3 is 14.1 Å². The van der Waals surface area contributed by atoms with Gasteiger partial charge in [0.15, 0.2) is 11.9 Å². The lowest BCUT2D eigenvalue weighted by molar-refractivity contribution is -0.142. The number of fused-ring (bicyclic) bond motifs is 2. The van der Waals surface area contributed by atoms with Gasteiger partial charge in [-0.3, -0.25) is 0 Å². The molecule has 2 aromatic heterocycles. The van der Waals surface area contributed by atoms with Crippen molar-refractivity contribution in [2.24, 2.45) is 10.9 Å². The molecule has 30 heavy (non-hydrogen) atoms. The van der Waals surface area contributed by atoms with Gasteiger partial charge in [-0.1, -0.05) is 44.2 Å². The number of benzene rings is 2. The van der Waals surface area contributed by atoms with E-state index < -0.39 is 12.0 Å². The third-order valence-corrected chi connectivity index (χ3v) is 5.01. The smallest absolute Gasteiger partial charge is 0.331 e. The first-order valence-corrected chi connectivity index (χ1v) is 10.1. The van der Waals surface area contributed by atoms with E-state index in [9.17, 15) is 4.79 Å². The number of H-pyrrole nitrogens is 1. The molecule has 0 saturated heterocycles. The molecule has 0 amide bonds. The Morgan fingerprint density at radius 3 is 2.60 bits per heavy atom. The summed E-state index contributed by atoms with van der Waals surface area (Å²) in [5, 5.41) is 1.84. The van der Waals surface area contributed by atoms with Crippen LogP contribution in [0.15, 0.2) is 64.1 Å². The normalized spacial score (nSPS) is 13.3. The molecule has 0 unspecified atom stereocenters. The molecule has 1 atom stereocenters. The summed E-state index contributed by atoms with van der Waals surface area (Å²) >= 11 is 0. The standard InChI is InChI=1S/C24H25N3O3/c1-15(2)12-22-26-20-11-7-5-9-18(20)23(30-22)27-21(24(28)29-3)13-16-14-25-19-10-6-4-8-17(16)19/h4-11,14-15,21,25H,12-13H2,1-3H3/t21-/m0/s1. The number of para-hydroxylation sites is 2. The van der Waals surface area contributed by atoms with Crippen LogP contribution in [0.3, 0.4) is 0 Å². The van der Waals surface area contributed by atoms with Crippen LogP contribution >= 0.6 is 0 Å². The van der Waals surface area contributed by atoms with Crippen molar-refractivity contribution in [3.05, 3.63) is 71.7 Å². The summed E-state index contributed by atoms with van der Waals surface area (Å²) in [5.74, 6) is 0.595. The summed E-state index contributed by atoms with van der Waals surface area (Å²) < 4.78 is 11.1. The second kappa shape index (κ2) is 8.53. The highest BCUT2D eigenvalue weighted by molar-refractivity contribution is 5.85. The number of esters is 1. The van der Waals surface area contributed by atoms with Crippen molar-refractivity contribution in [1.82, 2.24) is 9.97 Å². The predicted molar refractivity (Wildman–Crippen MR) is 116 cm³/mol. The van der Waals surface area contributed by atoms with Gasteiger partial charge in [-0.25, -0.2) is 14.8 Å². The van der Waals surface area contributed by atoms with Gasteiger partial charge in [0, 0.05) is 29.9 Å². The quantitative estimate of drug-likeness (QED) is 0.490. The molecule has 0 aliphatic rings. The van der Waals surface area contributed by atoms with Gasteiger partial charge in [0.25, 0.3) is 0 Å². The number of carbonyl (C=O) groups excluding carboxylic acids is 1. The molecule has 0 fully saturated rings. The second-order valence-electron chi connectivity index (χ2n) is 7.76. The Morgan fingerprint density at radius 1 is 1.10 bits per heavy atom. The molecule has 0 bridgehead atoms. The van der Waals surface area contributed by atoms with Crippen LogP contribution in [0.1, 0.15) is 25.3 Å². The Bertz CT molecular complexity index is 1250. The Kier molecular flexibility index (Phi) is 5.65. The highest BCUT2D eigenvalue weighted by Gasteiger charge is 2.21. The largest absolute Gasteiger partial charge is 0.467 e. The summed E-state index contributed by atoms with van der Waals surface area (Å²) in [6, 6.07) is 14.9. The van der Waals surface area contributed by atoms with E-state index in [0.29, 0.717) is 30.2 Å². The molecule has 154 valence electrons. The first-order chi connectivity index (χ1) is 14.5. The molecule has 6 nitrogen and oxygen atoms in total. The maximum absolute atomic E-state index is 12.6. The van der Waals surface area contributed by atoms with Crippen LogP contribution in [-0.2, 0) is 22.4 Å². The van der Waals surface area contributed by atoms with Crippen molar-refractivity contribution < 1.29 is 13.9 Å². The molecule has 0 aliphatic carbocycles. The number of nitrogens with zero attached hydrogens (tertiary/aromatic N) is 2. The monoisotopic (exact) mass is 403 g/mol. The van der Waals surface area contributed by atoms with Crippen molar-refractivity contribution in [2.75, 3.05) is 7.11 Å². The summed E-state index contributed by atoms with van der Waals surface area (Å²) in [4.78, 5) is 25.2. The van der Waals surface area contributed by atoms with Crippen LogP contribution in [-0.4, -0.2) is 29.1 Å². The van der Waals surface area contributed by atoms with Crippen LogP contribution in [0, 0.1) is 5.92 Å². The molecule has 6 heteroatoms. The van der Waals surface area contributed by atoms with E-state index in [2.05, 4.69) is 23.8 Å². The van der Waals surface area contributed by atoms with Gasteiger partial charge in [0.05, 0.1) is 18.0 Å². The number of aromatic nitrogens is 2. The molecule has 0 aliphatic heterocycles. The fraction of sp³-hybridized carbons (Fsp3) is 0.292. The minimum Gasteiger partial charge on any atom is -0.467 e.